The van der Waals surface area contributed by atoms with Crippen LogP contribution < -0.4 is 0 Å². The number of carbonyl (C=O) groups excluding carboxylic acids is 1. The number of carbonyl (C=O) groups is 1. The first-order valence-electron chi connectivity index (χ1n) is 6.41. The van der Waals surface area contributed by atoms with E-state index in [0.717, 1.165) is 38.6 Å². The first-order valence-corrected chi connectivity index (χ1v) is 8.37. The Balaban J connectivity index is 2.35. The lowest BCUT2D eigenvalue weighted by Gasteiger charge is -2.35. The van der Waals surface area contributed by atoms with Gasteiger partial charge in [0.25, 0.3) is 0 Å². The van der Waals surface area contributed by atoms with Gasteiger partial charge in [0, 0.05) is 18.6 Å². The number of piperidine rings is 1. The number of aromatic amines is 1. The van der Waals surface area contributed by atoms with E-state index >= 15 is 0 Å². The van der Waals surface area contributed by atoms with Gasteiger partial charge in [-0.1, -0.05) is 6.42 Å². The van der Waals surface area contributed by atoms with Gasteiger partial charge in [-0.2, -0.15) is 0 Å². The predicted octanol–water partition coefficient (Wildman–Crippen LogP) is 0.549. The fourth-order valence-electron chi connectivity index (χ4n) is 2.58. The van der Waals surface area contributed by atoms with Crippen LogP contribution in [0.1, 0.15) is 31.1 Å². The largest absolute Gasteiger partial charge is 0.347 e. The molecule has 2 atom stereocenters. The van der Waals surface area contributed by atoms with Crippen molar-refractivity contribution in [1.82, 2.24) is 14.9 Å². The molecule has 7 heteroatoms. The zero-order chi connectivity index (χ0) is 13.9. The van der Waals surface area contributed by atoms with E-state index in [4.69, 9.17) is 0 Å². The van der Waals surface area contributed by atoms with Gasteiger partial charge in [-0.3, -0.25) is 4.90 Å². The Bertz CT molecular complexity index is 506. The molecular formula is C12H19N3O3S. The summed E-state index contributed by atoms with van der Waals surface area (Å²) in [5, 5.41) is -1.07. The van der Waals surface area contributed by atoms with Gasteiger partial charge in [0.1, 0.15) is 17.4 Å². The molecule has 0 amide bonds. The molecule has 0 saturated carbocycles. The number of likely N-dealkylation sites (tertiary alicyclic amines) is 1. The molecule has 2 unspecified atom stereocenters. The lowest BCUT2D eigenvalue weighted by molar-refractivity contribution is -0.108. The highest BCUT2D eigenvalue weighted by atomic mass is 32.2. The number of aldehydes is 1. The van der Waals surface area contributed by atoms with Crippen molar-refractivity contribution >= 4 is 16.1 Å². The van der Waals surface area contributed by atoms with Crippen molar-refractivity contribution < 1.29 is 13.2 Å². The van der Waals surface area contributed by atoms with Gasteiger partial charge >= 0.3 is 0 Å². The molecule has 0 aliphatic carbocycles. The summed E-state index contributed by atoms with van der Waals surface area (Å²) in [5.74, 6) is 0.546. The van der Waals surface area contributed by atoms with E-state index in [1.165, 1.54) is 0 Å². The minimum atomic E-state index is -3.46. The van der Waals surface area contributed by atoms with Crippen LogP contribution in [0.4, 0.5) is 0 Å². The molecule has 1 aromatic rings. The third kappa shape index (κ3) is 3.22. The van der Waals surface area contributed by atoms with Gasteiger partial charge < -0.3 is 9.78 Å². The van der Waals surface area contributed by atoms with Gasteiger partial charge in [0.15, 0.2) is 9.84 Å². The van der Waals surface area contributed by atoms with E-state index in [-0.39, 0.29) is 0 Å². The molecule has 1 fully saturated rings. The van der Waals surface area contributed by atoms with Crippen LogP contribution in [0, 0.1) is 0 Å². The molecule has 0 radical (unpaired) electrons. The summed E-state index contributed by atoms with van der Waals surface area (Å²) in [7, 11) is -3.46. The molecule has 19 heavy (non-hydrogen) atoms. The molecular weight excluding hydrogens is 266 g/mol. The zero-order valence-corrected chi connectivity index (χ0v) is 11.8. The maximum absolute atomic E-state index is 11.8. The average Bonchev–Trinajstić information content (AvgIpc) is 2.88. The number of sulfone groups is 1. The Morgan fingerprint density at radius 2 is 2.05 bits per heavy atom. The molecule has 6 nitrogen and oxygen atoms in total. The molecule has 0 aromatic carbocycles. The number of hydrogen-bond acceptors (Lipinski definition) is 5. The van der Waals surface area contributed by atoms with Crippen LogP contribution in [0.15, 0.2) is 12.4 Å². The van der Waals surface area contributed by atoms with Gasteiger partial charge in [-0.15, -0.1) is 0 Å². The minimum Gasteiger partial charge on any atom is -0.347 e. The van der Waals surface area contributed by atoms with Gasteiger partial charge in [-0.25, -0.2) is 13.4 Å². The van der Waals surface area contributed by atoms with Crippen molar-refractivity contribution in [2.45, 2.75) is 30.6 Å². The summed E-state index contributed by atoms with van der Waals surface area (Å²) in [6, 6.07) is -0.511. The summed E-state index contributed by atoms with van der Waals surface area (Å²) in [5.41, 5.74) is 0. The monoisotopic (exact) mass is 285 g/mol. The van der Waals surface area contributed by atoms with Crippen LogP contribution in [0.25, 0.3) is 0 Å². The van der Waals surface area contributed by atoms with Crippen LogP contribution in [0.2, 0.25) is 0 Å². The molecule has 1 aromatic heterocycles. The SMILES string of the molecule is CS(=O)(=O)C(C=O)C(c1ncc[nH]1)N1CCCCC1. The molecule has 0 bridgehead atoms. The van der Waals surface area contributed by atoms with E-state index in [0.29, 0.717) is 12.1 Å². The van der Waals surface area contributed by atoms with Crippen LogP contribution >= 0.6 is 0 Å². The Morgan fingerprint density at radius 3 is 2.53 bits per heavy atom. The normalized spacial score (nSPS) is 20.9. The topological polar surface area (TPSA) is 83.1 Å². The van der Waals surface area contributed by atoms with Crippen molar-refractivity contribution in [1.29, 1.82) is 0 Å². The van der Waals surface area contributed by atoms with E-state index in [2.05, 4.69) is 9.97 Å². The lowest BCUT2D eigenvalue weighted by Crippen LogP contribution is -2.44. The molecule has 106 valence electrons. The van der Waals surface area contributed by atoms with Crippen molar-refractivity contribution in [3.8, 4) is 0 Å². The summed E-state index contributed by atoms with van der Waals surface area (Å²) in [4.78, 5) is 20.4. The molecule has 1 N–H and O–H groups in total. The van der Waals surface area contributed by atoms with E-state index in [1.807, 2.05) is 4.90 Å². The molecule has 1 aliphatic heterocycles. The third-order valence-electron chi connectivity index (χ3n) is 3.52. The maximum atomic E-state index is 11.8. The number of aromatic nitrogens is 2. The van der Waals surface area contributed by atoms with E-state index < -0.39 is 21.1 Å². The van der Waals surface area contributed by atoms with Crippen molar-refractivity contribution in [3.05, 3.63) is 18.2 Å². The first-order chi connectivity index (χ1) is 9.04. The number of hydrogen-bond donors (Lipinski definition) is 1. The summed E-state index contributed by atoms with van der Waals surface area (Å²) in [6.45, 7) is 1.59. The van der Waals surface area contributed by atoms with Crippen LogP contribution in [-0.2, 0) is 14.6 Å². The van der Waals surface area contributed by atoms with Crippen LogP contribution in [-0.4, -0.2) is 54.2 Å². The number of rotatable bonds is 5. The Labute approximate surface area is 113 Å². The second-order valence-electron chi connectivity index (χ2n) is 4.95. The quantitative estimate of drug-likeness (QED) is 0.799. The predicted molar refractivity (Wildman–Crippen MR) is 71.4 cm³/mol. The van der Waals surface area contributed by atoms with Crippen molar-refractivity contribution in [3.63, 3.8) is 0 Å². The van der Waals surface area contributed by atoms with Gasteiger partial charge in [0.2, 0.25) is 0 Å². The lowest BCUT2D eigenvalue weighted by atomic mass is 10.1. The summed E-state index contributed by atoms with van der Waals surface area (Å²) < 4.78 is 23.7. The fourth-order valence-corrected chi connectivity index (χ4v) is 3.55. The number of nitrogens with one attached hydrogen (secondary N) is 1. The standard InChI is InChI=1S/C12H19N3O3S/c1-19(17,18)10(9-16)11(12-13-5-6-14-12)15-7-3-2-4-8-15/h5-6,9-11H,2-4,7-8H2,1H3,(H,13,14). The zero-order valence-electron chi connectivity index (χ0n) is 10.9. The molecule has 2 heterocycles. The average molecular weight is 285 g/mol. The number of H-pyrrole nitrogens is 1. The van der Waals surface area contributed by atoms with Gasteiger partial charge in [0.05, 0.1) is 6.04 Å². The molecule has 2 rings (SSSR count). The van der Waals surface area contributed by atoms with E-state index in [1.54, 1.807) is 12.4 Å². The fraction of sp³-hybridized carbons (Fsp3) is 0.667. The summed E-state index contributed by atoms with van der Waals surface area (Å²) in [6.07, 6.45) is 8.04. The summed E-state index contributed by atoms with van der Waals surface area (Å²) >= 11 is 0. The highest BCUT2D eigenvalue weighted by molar-refractivity contribution is 7.92. The van der Waals surface area contributed by atoms with Crippen LogP contribution in [0.5, 0.6) is 0 Å². The Kier molecular flexibility index (Phi) is 4.36. The Hall–Kier alpha value is -1.21. The van der Waals surface area contributed by atoms with Crippen LogP contribution in [0.3, 0.4) is 0 Å². The highest BCUT2D eigenvalue weighted by Crippen LogP contribution is 2.28. The Morgan fingerprint density at radius 1 is 1.37 bits per heavy atom. The highest BCUT2D eigenvalue weighted by Gasteiger charge is 2.37. The first kappa shape index (κ1) is 14.2. The van der Waals surface area contributed by atoms with E-state index in [9.17, 15) is 13.2 Å². The number of nitrogens with zero attached hydrogens (tertiary/aromatic N) is 2. The maximum Gasteiger partial charge on any atom is 0.159 e. The van der Waals surface area contributed by atoms with Crippen molar-refractivity contribution in [2.75, 3.05) is 19.3 Å². The molecule has 1 saturated heterocycles. The van der Waals surface area contributed by atoms with Gasteiger partial charge in [-0.05, 0) is 25.9 Å². The minimum absolute atomic E-state index is 0.511. The molecule has 0 spiro atoms. The second-order valence-corrected chi connectivity index (χ2v) is 7.15. The smallest absolute Gasteiger partial charge is 0.159 e. The third-order valence-corrected chi connectivity index (χ3v) is 4.88. The second kappa shape index (κ2) is 5.83. The molecule has 1 aliphatic rings. The van der Waals surface area contributed by atoms with Crippen molar-refractivity contribution in [2.24, 2.45) is 0 Å². The number of imidazole rings is 1.